The maximum atomic E-state index is 13.0. The molecule has 1 amide bonds. The monoisotopic (exact) mass is 849 g/mol. The van der Waals surface area contributed by atoms with Crippen LogP contribution in [0.3, 0.4) is 0 Å². The Hall–Kier alpha value is 0.390. The van der Waals surface area contributed by atoms with Crippen molar-refractivity contribution in [2.45, 2.75) is 98.7 Å². The van der Waals surface area contributed by atoms with Crippen LogP contribution in [0.5, 0.6) is 0 Å². The van der Waals surface area contributed by atoms with Gasteiger partial charge in [0, 0.05) is 46.3 Å². The van der Waals surface area contributed by atoms with Gasteiger partial charge in [-0.05, 0) is 44.9 Å². The molecule has 5 rings (SSSR count). The Morgan fingerprint density at radius 3 is 2.08 bits per heavy atom. The number of hydrogen-bond acceptors (Lipinski definition) is 18. The summed E-state index contributed by atoms with van der Waals surface area (Å²) in [5.74, 6) is -1.73. The van der Waals surface area contributed by atoms with Crippen LogP contribution in [0.1, 0.15) is 83.2 Å². The molecule has 2 unspecified atom stereocenters. The number of azo groups is 1. The third-order valence-electron chi connectivity index (χ3n) is 8.48. The van der Waals surface area contributed by atoms with E-state index >= 15 is 0 Å². The first-order valence-electron chi connectivity index (χ1n) is 15.2. The number of amides is 1. The van der Waals surface area contributed by atoms with Crippen LogP contribution in [0, 0.1) is 5.92 Å². The number of thioether (sulfide) groups is 1. The van der Waals surface area contributed by atoms with Gasteiger partial charge in [0.25, 0.3) is 0 Å². The SMILES string of the molecule is CC(C)(C)c1[nH]n2nc(C3CCC(NC(=O)C4CC(S(=O)(=O)[O-])CC(S(=O)(=O)[O-])C4)CC3)nc2c1N=Nc1nc(SCCS(=O)(=O)[O-])ns1.[Na+].[Na+].[Na+]. The molecule has 52 heavy (non-hydrogen) atoms. The molecule has 2 fully saturated rings. The molecule has 0 radical (unpaired) electrons. The normalized spacial score (nSPS) is 23.1. The van der Waals surface area contributed by atoms with Crippen LogP contribution in [0.25, 0.3) is 5.65 Å². The first-order valence-corrected chi connectivity index (χ1v) is 21.5. The van der Waals surface area contributed by atoms with Crippen molar-refractivity contribution in [3.63, 3.8) is 0 Å². The Morgan fingerprint density at radius 1 is 0.942 bits per heavy atom. The van der Waals surface area contributed by atoms with E-state index in [0.717, 1.165) is 23.3 Å². The zero-order chi connectivity index (χ0) is 35.9. The Labute approximate surface area is 376 Å². The zero-order valence-electron chi connectivity index (χ0n) is 29.5. The predicted molar refractivity (Wildman–Crippen MR) is 173 cm³/mol. The molecule has 0 bridgehead atoms. The minimum absolute atomic E-state index is 0. The third kappa shape index (κ3) is 13.0. The van der Waals surface area contributed by atoms with Gasteiger partial charge in [-0.3, -0.25) is 9.89 Å². The van der Waals surface area contributed by atoms with Crippen LogP contribution >= 0.6 is 23.3 Å². The fourth-order valence-electron chi connectivity index (χ4n) is 5.97. The van der Waals surface area contributed by atoms with E-state index < -0.39 is 70.3 Å². The average molecular weight is 850 g/mol. The molecule has 27 heteroatoms. The minimum Gasteiger partial charge on any atom is -0.748 e. The summed E-state index contributed by atoms with van der Waals surface area (Å²) in [5.41, 5.74) is 1.19. The van der Waals surface area contributed by atoms with Gasteiger partial charge in [-0.2, -0.15) is 14.0 Å². The maximum Gasteiger partial charge on any atom is 1.00 e. The fraction of sp³-hybridized carbons (Fsp3) is 0.720. The topological polar surface area (TPSA) is 297 Å². The number of H-pyrrole nitrogens is 1. The largest absolute Gasteiger partial charge is 1.00 e. The Balaban J connectivity index is 0.00000312. The molecule has 0 aromatic carbocycles. The van der Waals surface area contributed by atoms with Crippen molar-refractivity contribution < 1.29 is 132 Å². The van der Waals surface area contributed by atoms with E-state index in [1.165, 1.54) is 4.63 Å². The molecule has 3 aromatic rings. The quantitative estimate of drug-likeness (QED) is 0.0784. The molecule has 2 saturated carbocycles. The molecule has 2 aliphatic carbocycles. The van der Waals surface area contributed by atoms with E-state index in [1.807, 2.05) is 20.8 Å². The molecule has 19 nitrogen and oxygen atoms in total. The van der Waals surface area contributed by atoms with Crippen LogP contribution < -0.4 is 94.0 Å². The van der Waals surface area contributed by atoms with Crippen LogP contribution in [0.4, 0.5) is 10.8 Å². The van der Waals surface area contributed by atoms with E-state index in [4.69, 9.17) is 4.98 Å². The van der Waals surface area contributed by atoms with Gasteiger partial charge in [0.1, 0.15) is 0 Å². The standard InChI is InChI=1S/C25H37N9O10S5.3Na/c1-25(2,3)19-18(29-30-23-28-24(33-46-23)45-8-9-47(36,37)38)21-27-20(32-34(21)31-19)13-4-6-15(7-5-13)26-22(35)14-10-16(48(39,40)41)12-17(11-14)49(42,43)44;;;/h13-17,31H,4-12H2,1-3H3,(H,26,35)(H,36,37,38)(H,39,40,41)(H,42,43,44);;;/q;3*+1/p-3. The van der Waals surface area contributed by atoms with Crippen LogP contribution in [-0.4, -0.2) is 102 Å². The number of rotatable bonds is 11. The van der Waals surface area contributed by atoms with E-state index in [0.29, 0.717) is 48.5 Å². The number of carbonyl (C=O) groups is 1. The first-order chi connectivity index (χ1) is 22.7. The Bertz CT molecular complexity index is 2020. The van der Waals surface area contributed by atoms with Crippen molar-refractivity contribution in [2.75, 3.05) is 11.5 Å². The summed E-state index contributed by atoms with van der Waals surface area (Å²) in [6.07, 6.45) is 0.963. The number of aromatic amines is 1. The van der Waals surface area contributed by atoms with Crippen molar-refractivity contribution in [3.05, 3.63) is 11.5 Å². The Morgan fingerprint density at radius 2 is 1.54 bits per heavy atom. The first kappa shape index (κ1) is 48.5. The van der Waals surface area contributed by atoms with Gasteiger partial charge >= 0.3 is 88.7 Å². The second kappa shape index (κ2) is 19.2. The van der Waals surface area contributed by atoms with E-state index in [-0.39, 0.29) is 130 Å². The van der Waals surface area contributed by atoms with Gasteiger partial charge < -0.3 is 19.0 Å². The Kier molecular flexibility index (Phi) is 17.9. The van der Waals surface area contributed by atoms with Crippen LogP contribution in [0.2, 0.25) is 0 Å². The van der Waals surface area contributed by atoms with Crippen molar-refractivity contribution in [1.82, 2.24) is 34.5 Å². The van der Waals surface area contributed by atoms with Gasteiger partial charge in [0.2, 0.25) is 21.8 Å². The van der Waals surface area contributed by atoms with E-state index in [1.54, 1.807) is 0 Å². The fourth-order valence-corrected chi connectivity index (χ4v) is 10.2. The molecular weight excluding hydrogens is 816 g/mol. The molecule has 2 atom stereocenters. The molecule has 3 aromatic heterocycles. The second-order valence-corrected chi connectivity index (χ2v) is 19.8. The number of carbonyl (C=O) groups excluding carboxylic acids is 1. The minimum atomic E-state index is -4.90. The molecule has 0 aliphatic heterocycles. The number of nitrogens with one attached hydrogen (secondary N) is 2. The molecule has 0 spiro atoms. The second-order valence-electron chi connectivity index (χ2n) is 13.2. The number of hydrogen-bond donors (Lipinski definition) is 2. The summed E-state index contributed by atoms with van der Waals surface area (Å²) in [6.45, 7) is 5.93. The third-order valence-corrected chi connectivity index (χ3v) is 13.4. The zero-order valence-corrected chi connectivity index (χ0v) is 39.6. The molecular formula is C25H34N9Na3O10S5. The summed E-state index contributed by atoms with van der Waals surface area (Å²) in [7, 11) is -14.1. The van der Waals surface area contributed by atoms with Gasteiger partial charge in [-0.1, -0.05) is 32.5 Å². The predicted octanol–water partition coefficient (Wildman–Crippen LogP) is -6.96. The van der Waals surface area contributed by atoms with E-state index in [2.05, 4.69) is 35.1 Å². The average Bonchev–Trinajstić information content (AvgIpc) is 3.70. The molecule has 2 N–H and O–H groups in total. The van der Waals surface area contributed by atoms with Crippen molar-refractivity contribution in [3.8, 4) is 0 Å². The maximum absolute atomic E-state index is 13.0. The summed E-state index contributed by atoms with van der Waals surface area (Å²) < 4.78 is 108. The van der Waals surface area contributed by atoms with Crippen molar-refractivity contribution >= 4 is 76.0 Å². The number of fused-ring (bicyclic) bond motifs is 1. The van der Waals surface area contributed by atoms with Gasteiger partial charge in [0.05, 0.1) is 46.5 Å². The summed E-state index contributed by atoms with van der Waals surface area (Å²) in [6, 6.07) is -0.292. The molecule has 2 aliphatic rings. The van der Waals surface area contributed by atoms with Gasteiger partial charge in [-0.15, -0.1) is 15.3 Å². The summed E-state index contributed by atoms with van der Waals surface area (Å²) >= 11 is 1.97. The van der Waals surface area contributed by atoms with Crippen molar-refractivity contribution in [2.24, 2.45) is 16.1 Å². The van der Waals surface area contributed by atoms with Gasteiger partial charge in [0.15, 0.2) is 11.5 Å². The smallest absolute Gasteiger partial charge is 0.748 e. The van der Waals surface area contributed by atoms with E-state index in [9.17, 15) is 43.7 Å². The molecule has 0 saturated heterocycles. The van der Waals surface area contributed by atoms with Crippen molar-refractivity contribution in [1.29, 1.82) is 0 Å². The van der Waals surface area contributed by atoms with Gasteiger partial charge in [-0.25, -0.2) is 30.2 Å². The number of aromatic nitrogens is 6. The molecule has 3 heterocycles. The summed E-state index contributed by atoms with van der Waals surface area (Å²) in [4.78, 5) is 22.0. The van der Waals surface area contributed by atoms with Crippen LogP contribution in [-0.2, 0) is 40.6 Å². The summed E-state index contributed by atoms with van der Waals surface area (Å²) in [5, 5.41) is 16.6. The van der Waals surface area contributed by atoms with Crippen LogP contribution in [0.15, 0.2) is 15.4 Å². The molecule has 272 valence electrons. The number of nitrogens with zero attached hydrogens (tertiary/aromatic N) is 7.